The number of carbonyl (C=O) groups is 1. The molecule has 0 aliphatic rings. The molecule has 1 heterocycles. The third-order valence-corrected chi connectivity index (χ3v) is 4.18. The summed E-state index contributed by atoms with van der Waals surface area (Å²) in [6, 6.07) is 7.85. The van der Waals surface area contributed by atoms with Gasteiger partial charge in [-0.25, -0.2) is 9.78 Å². The lowest BCUT2D eigenvalue weighted by molar-refractivity contribution is 0.0691. The Labute approximate surface area is 119 Å². The van der Waals surface area contributed by atoms with Gasteiger partial charge in [0.15, 0.2) is 5.69 Å². The van der Waals surface area contributed by atoms with Gasteiger partial charge in [0, 0.05) is 16.7 Å². The summed E-state index contributed by atoms with van der Waals surface area (Å²) in [4.78, 5) is 15.0. The van der Waals surface area contributed by atoms with Crippen LogP contribution in [0.5, 0.6) is 0 Å². The molecule has 0 unspecified atom stereocenters. The van der Waals surface area contributed by atoms with Crippen molar-refractivity contribution in [2.45, 2.75) is 5.75 Å². The third kappa shape index (κ3) is 3.37. The van der Waals surface area contributed by atoms with E-state index in [1.54, 1.807) is 17.1 Å². The van der Waals surface area contributed by atoms with Crippen molar-refractivity contribution in [1.29, 1.82) is 0 Å². The lowest BCUT2D eigenvalue weighted by Crippen LogP contribution is -1.96. The molecule has 1 N–H and O–H groups in total. The number of aromatic carboxylic acids is 1. The molecule has 5 heteroatoms. The van der Waals surface area contributed by atoms with Gasteiger partial charge in [-0.15, -0.1) is 29.5 Å². The van der Waals surface area contributed by atoms with Gasteiger partial charge in [-0.3, -0.25) is 0 Å². The molecule has 0 fully saturated rings. The first-order chi connectivity index (χ1) is 9.22. The van der Waals surface area contributed by atoms with E-state index in [1.807, 2.05) is 24.3 Å². The summed E-state index contributed by atoms with van der Waals surface area (Å²) in [7, 11) is 0. The van der Waals surface area contributed by atoms with E-state index < -0.39 is 5.97 Å². The largest absolute Gasteiger partial charge is 0.476 e. The minimum atomic E-state index is -0.998. The first-order valence-corrected chi connectivity index (χ1v) is 7.54. The van der Waals surface area contributed by atoms with Crippen molar-refractivity contribution in [2.75, 3.05) is 5.75 Å². The van der Waals surface area contributed by atoms with E-state index in [0.717, 1.165) is 21.9 Å². The predicted molar refractivity (Wildman–Crippen MR) is 79.5 cm³/mol. The van der Waals surface area contributed by atoms with Gasteiger partial charge in [0.25, 0.3) is 0 Å². The summed E-state index contributed by atoms with van der Waals surface area (Å²) in [6.07, 6.45) is 5.23. The average molecular weight is 289 g/mol. The Kier molecular flexibility index (Phi) is 4.61. The lowest BCUT2D eigenvalue weighted by Gasteiger charge is -2.05. The molecule has 2 rings (SSSR count). The smallest absolute Gasteiger partial charge is 0.355 e. The first-order valence-electron chi connectivity index (χ1n) is 5.50. The second kappa shape index (κ2) is 6.41. The summed E-state index contributed by atoms with van der Waals surface area (Å²) in [5, 5.41) is 11.2. The van der Waals surface area contributed by atoms with Crippen LogP contribution in [-0.4, -0.2) is 21.8 Å². The lowest BCUT2D eigenvalue weighted by atomic mass is 10.1. The van der Waals surface area contributed by atoms with Crippen molar-refractivity contribution in [3.63, 3.8) is 0 Å². The first kappa shape index (κ1) is 13.7. The second-order valence-corrected chi connectivity index (χ2v) is 5.54. The van der Waals surface area contributed by atoms with Crippen molar-refractivity contribution in [3.05, 3.63) is 40.9 Å². The second-order valence-electron chi connectivity index (χ2n) is 3.70. The fourth-order valence-corrected chi connectivity index (χ4v) is 3.12. The van der Waals surface area contributed by atoms with Gasteiger partial charge in [0.2, 0.25) is 0 Å². The molecular formula is C14H11NO2S2. The number of benzene rings is 1. The van der Waals surface area contributed by atoms with E-state index in [0.29, 0.717) is 5.75 Å². The zero-order valence-corrected chi connectivity index (χ0v) is 11.6. The number of thiazole rings is 1. The molecule has 1 aromatic heterocycles. The van der Waals surface area contributed by atoms with Crippen molar-refractivity contribution >= 4 is 29.1 Å². The molecule has 1 aromatic carbocycles. The molecule has 0 saturated heterocycles. The van der Waals surface area contributed by atoms with Crippen molar-refractivity contribution in [3.8, 4) is 22.9 Å². The highest BCUT2D eigenvalue weighted by Gasteiger charge is 2.12. The molecule has 0 saturated carbocycles. The Morgan fingerprint density at radius 1 is 1.47 bits per heavy atom. The van der Waals surface area contributed by atoms with E-state index in [1.165, 1.54) is 11.3 Å². The maximum Gasteiger partial charge on any atom is 0.355 e. The van der Waals surface area contributed by atoms with E-state index in [9.17, 15) is 4.79 Å². The molecule has 96 valence electrons. The van der Waals surface area contributed by atoms with E-state index in [2.05, 4.69) is 10.9 Å². The van der Waals surface area contributed by atoms with Crippen LogP contribution < -0.4 is 0 Å². The standard InChI is InChI=1S/C14H11NO2S2/c1-2-7-18-8-10-5-3-4-6-11(10)13-15-12(9-19-13)14(16)17/h1,3-6,9H,7-8H2,(H,16,17). The normalized spacial score (nSPS) is 10.1. The Morgan fingerprint density at radius 3 is 2.95 bits per heavy atom. The molecule has 0 bridgehead atoms. The highest BCUT2D eigenvalue weighted by atomic mass is 32.2. The molecular weight excluding hydrogens is 278 g/mol. The quantitative estimate of drug-likeness (QED) is 0.677. The molecule has 19 heavy (non-hydrogen) atoms. The molecule has 0 aliphatic carbocycles. The molecule has 0 atom stereocenters. The Balaban J connectivity index is 2.28. The molecule has 0 radical (unpaired) electrons. The Morgan fingerprint density at radius 2 is 2.26 bits per heavy atom. The summed E-state index contributed by atoms with van der Waals surface area (Å²) in [6.45, 7) is 0. The number of terminal acetylenes is 1. The van der Waals surface area contributed by atoms with Crippen molar-refractivity contribution < 1.29 is 9.90 Å². The van der Waals surface area contributed by atoms with E-state index >= 15 is 0 Å². The summed E-state index contributed by atoms with van der Waals surface area (Å²) in [5.41, 5.74) is 2.18. The number of aromatic nitrogens is 1. The number of hydrogen-bond donors (Lipinski definition) is 1. The molecule has 0 aliphatic heterocycles. The summed E-state index contributed by atoms with van der Waals surface area (Å²) in [5.74, 6) is 3.04. The summed E-state index contributed by atoms with van der Waals surface area (Å²) < 4.78 is 0. The summed E-state index contributed by atoms with van der Waals surface area (Å²) >= 11 is 3.00. The van der Waals surface area contributed by atoms with E-state index in [4.69, 9.17) is 11.5 Å². The molecule has 2 aromatic rings. The number of carboxylic acids is 1. The molecule has 0 spiro atoms. The number of thioether (sulfide) groups is 1. The van der Waals surface area contributed by atoms with Gasteiger partial charge in [-0.05, 0) is 5.56 Å². The number of rotatable bonds is 5. The van der Waals surface area contributed by atoms with Crippen LogP contribution in [-0.2, 0) is 5.75 Å². The van der Waals surface area contributed by atoms with Gasteiger partial charge >= 0.3 is 5.97 Å². The number of hydrogen-bond acceptors (Lipinski definition) is 4. The molecule has 3 nitrogen and oxygen atoms in total. The van der Waals surface area contributed by atoms with Crippen LogP contribution in [0.1, 0.15) is 16.1 Å². The van der Waals surface area contributed by atoms with Crippen LogP contribution in [0.4, 0.5) is 0 Å². The monoisotopic (exact) mass is 289 g/mol. The van der Waals surface area contributed by atoms with Crippen LogP contribution >= 0.6 is 23.1 Å². The van der Waals surface area contributed by atoms with Crippen molar-refractivity contribution in [2.24, 2.45) is 0 Å². The number of carboxylic acid groups (broad SMARTS) is 1. The minimum Gasteiger partial charge on any atom is -0.476 e. The highest BCUT2D eigenvalue weighted by Crippen LogP contribution is 2.29. The minimum absolute atomic E-state index is 0.0890. The van der Waals surface area contributed by atoms with Crippen LogP contribution in [0.25, 0.3) is 10.6 Å². The zero-order chi connectivity index (χ0) is 13.7. The van der Waals surface area contributed by atoms with Crippen molar-refractivity contribution in [1.82, 2.24) is 4.98 Å². The van der Waals surface area contributed by atoms with Gasteiger partial charge in [-0.2, -0.15) is 0 Å². The van der Waals surface area contributed by atoms with Crippen LogP contribution in [0.15, 0.2) is 29.6 Å². The topological polar surface area (TPSA) is 50.2 Å². The van der Waals surface area contributed by atoms with Gasteiger partial charge in [0.05, 0.1) is 5.75 Å². The number of nitrogens with zero attached hydrogens (tertiary/aromatic N) is 1. The van der Waals surface area contributed by atoms with Gasteiger partial charge in [-0.1, -0.05) is 30.2 Å². The Bertz CT molecular complexity index is 628. The SMILES string of the molecule is C#CCSCc1ccccc1-c1nc(C(=O)O)cs1. The van der Waals surface area contributed by atoms with Crippen LogP contribution in [0.3, 0.4) is 0 Å². The maximum absolute atomic E-state index is 10.9. The zero-order valence-electron chi connectivity index (χ0n) is 10.00. The predicted octanol–water partition coefficient (Wildman–Crippen LogP) is 3.37. The maximum atomic E-state index is 10.9. The van der Waals surface area contributed by atoms with Gasteiger partial charge in [0.1, 0.15) is 5.01 Å². The fourth-order valence-electron chi connectivity index (χ4n) is 1.57. The average Bonchev–Trinajstić information content (AvgIpc) is 2.89. The fraction of sp³-hybridized carbons (Fsp3) is 0.143. The molecule has 0 amide bonds. The highest BCUT2D eigenvalue weighted by molar-refractivity contribution is 7.98. The van der Waals surface area contributed by atoms with Gasteiger partial charge < -0.3 is 5.11 Å². The third-order valence-electron chi connectivity index (χ3n) is 2.41. The Hall–Kier alpha value is -1.77. The van der Waals surface area contributed by atoms with Crippen LogP contribution in [0, 0.1) is 12.3 Å². The van der Waals surface area contributed by atoms with Crippen LogP contribution in [0.2, 0.25) is 0 Å². The van der Waals surface area contributed by atoms with E-state index in [-0.39, 0.29) is 5.69 Å².